The number of aromatic hydroxyl groups is 1. The number of hydrogen-bond acceptors (Lipinski definition) is 5. The quantitative estimate of drug-likeness (QED) is 0.729. The average Bonchev–Trinajstić information content (AvgIpc) is 2.86. The van der Waals surface area contributed by atoms with Crippen molar-refractivity contribution < 1.29 is 29.3 Å². The van der Waals surface area contributed by atoms with E-state index in [-0.39, 0.29) is 24.5 Å². The Bertz CT molecular complexity index is 530. The van der Waals surface area contributed by atoms with Crippen LogP contribution in [0.15, 0.2) is 18.2 Å². The van der Waals surface area contributed by atoms with Crippen LogP contribution in [0.3, 0.4) is 0 Å². The van der Waals surface area contributed by atoms with Crippen molar-refractivity contribution in [1.82, 2.24) is 5.32 Å². The highest BCUT2D eigenvalue weighted by atomic mass is 16.5. The number of rotatable bonds is 4. The lowest BCUT2D eigenvalue weighted by Crippen LogP contribution is -2.42. The molecule has 2 rings (SSSR count). The van der Waals surface area contributed by atoms with Gasteiger partial charge in [-0.1, -0.05) is 0 Å². The SMILES string of the molecule is COc1ccc(C(=O)NC2COCC2C(=O)O)c(O)c1. The zero-order valence-electron chi connectivity index (χ0n) is 10.8. The Balaban J connectivity index is 2.10. The summed E-state index contributed by atoms with van der Waals surface area (Å²) in [7, 11) is 1.45. The van der Waals surface area contributed by atoms with E-state index >= 15 is 0 Å². The van der Waals surface area contributed by atoms with Crippen molar-refractivity contribution >= 4 is 11.9 Å². The molecule has 1 aliphatic rings. The van der Waals surface area contributed by atoms with Gasteiger partial charge >= 0.3 is 5.97 Å². The number of nitrogens with one attached hydrogen (secondary N) is 1. The molecule has 1 aliphatic heterocycles. The van der Waals surface area contributed by atoms with E-state index in [1.54, 1.807) is 0 Å². The van der Waals surface area contributed by atoms with E-state index in [0.29, 0.717) is 5.75 Å². The first kappa shape index (κ1) is 14.1. The minimum Gasteiger partial charge on any atom is -0.507 e. The Labute approximate surface area is 115 Å². The number of aliphatic carboxylic acids is 1. The third kappa shape index (κ3) is 2.83. The van der Waals surface area contributed by atoms with Gasteiger partial charge in [-0.3, -0.25) is 9.59 Å². The van der Waals surface area contributed by atoms with Crippen LogP contribution in [0, 0.1) is 5.92 Å². The zero-order chi connectivity index (χ0) is 14.7. The van der Waals surface area contributed by atoms with E-state index in [4.69, 9.17) is 14.6 Å². The van der Waals surface area contributed by atoms with E-state index in [2.05, 4.69) is 5.32 Å². The van der Waals surface area contributed by atoms with E-state index in [1.807, 2.05) is 0 Å². The molecule has 7 heteroatoms. The molecule has 0 spiro atoms. The third-order valence-electron chi connectivity index (χ3n) is 3.16. The van der Waals surface area contributed by atoms with Gasteiger partial charge in [0.2, 0.25) is 0 Å². The molecule has 1 saturated heterocycles. The molecule has 0 aromatic heterocycles. The van der Waals surface area contributed by atoms with Crippen LogP contribution in [-0.4, -0.2) is 48.5 Å². The Morgan fingerprint density at radius 1 is 1.40 bits per heavy atom. The summed E-state index contributed by atoms with van der Waals surface area (Å²) in [6.07, 6.45) is 0. The van der Waals surface area contributed by atoms with Crippen LogP contribution in [-0.2, 0) is 9.53 Å². The van der Waals surface area contributed by atoms with Gasteiger partial charge in [-0.2, -0.15) is 0 Å². The first-order valence-corrected chi connectivity index (χ1v) is 6.01. The summed E-state index contributed by atoms with van der Waals surface area (Å²) in [6, 6.07) is 3.65. The van der Waals surface area contributed by atoms with Crippen molar-refractivity contribution in [2.24, 2.45) is 5.92 Å². The number of carboxylic acids is 1. The highest BCUT2D eigenvalue weighted by molar-refractivity contribution is 5.97. The zero-order valence-corrected chi connectivity index (χ0v) is 10.8. The summed E-state index contributed by atoms with van der Waals surface area (Å²) < 4.78 is 9.98. The molecule has 1 amide bonds. The van der Waals surface area contributed by atoms with E-state index in [1.165, 1.54) is 25.3 Å². The molecule has 0 radical (unpaired) electrons. The summed E-state index contributed by atoms with van der Waals surface area (Å²) >= 11 is 0. The molecule has 2 atom stereocenters. The molecule has 0 saturated carbocycles. The van der Waals surface area contributed by atoms with Gasteiger partial charge in [-0.05, 0) is 12.1 Å². The van der Waals surface area contributed by atoms with E-state index in [0.717, 1.165) is 0 Å². The summed E-state index contributed by atoms with van der Waals surface area (Å²) in [5, 5.41) is 21.3. The monoisotopic (exact) mass is 281 g/mol. The molecule has 0 aliphatic carbocycles. The smallest absolute Gasteiger partial charge is 0.311 e. The van der Waals surface area contributed by atoms with Crippen LogP contribution in [0.5, 0.6) is 11.5 Å². The van der Waals surface area contributed by atoms with Gasteiger partial charge in [0.25, 0.3) is 5.91 Å². The maximum atomic E-state index is 12.0. The lowest BCUT2D eigenvalue weighted by Gasteiger charge is -2.16. The number of benzene rings is 1. The second kappa shape index (κ2) is 5.79. The standard InChI is InChI=1S/C13H15NO6/c1-19-7-2-3-8(11(15)4-7)12(16)14-10-6-20-5-9(10)13(17)18/h2-4,9-10,15H,5-6H2,1H3,(H,14,16)(H,17,18). The second-order valence-corrected chi connectivity index (χ2v) is 4.45. The van der Waals surface area contributed by atoms with Gasteiger partial charge < -0.3 is 25.0 Å². The summed E-state index contributed by atoms with van der Waals surface area (Å²) in [4.78, 5) is 23.0. The Hall–Kier alpha value is -2.28. The maximum absolute atomic E-state index is 12.0. The summed E-state index contributed by atoms with van der Waals surface area (Å²) in [6.45, 7) is 0.203. The molecule has 3 N–H and O–H groups in total. The minimum absolute atomic E-state index is 0.0573. The van der Waals surface area contributed by atoms with Crippen LogP contribution in [0.1, 0.15) is 10.4 Å². The lowest BCUT2D eigenvalue weighted by atomic mass is 10.0. The lowest BCUT2D eigenvalue weighted by molar-refractivity contribution is -0.142. The fourth-order valence-corrected chi connectivity index (χ4v) is 2.02. The van der Waals surface area contributed by atoms with Crippen LogP contribution in [0.25, 0.3) is 0 Å². The van der Waals surface area contributed by atoms with Crippen molar-refractivity contribution in [2.75, 3.05) is 20.3 Å². The number of carboxylic acid groups (broad SMARTS) is 1. The predicted molar refractivity (Wildman–Crippen MR) is 67.9 cm³/mol. The maximum Gasteiger partial charge on any atom is 0.311 e. The van der Waals surface area contributed by atoms with Gasteiger partial charge in [-0.15, -0.1) is 0 Å². The first-order chi connectivity index (χ1) is 9.52. The third-order valence-corrected chi connectivity index (χ3v) is 3.16. The van der Waals surface area contributed by atoms with E-state index < -0.39 is 23.8 Å². The summed E-state index contributed by atoms with van der Waals surface area (Å²) in [5.41, 5.74) is 0.0573. The molecule has 1 heterocycles. The molecule has 1 aromatic carbocycles. The van der Waals surface area contributed by atoms with Crippen LogP contribution < -0.4 is 10.1 Å². The fraction of sp³-hybridized carbons (Fsp3) is 0.385. The molecule has 1 fully saturated rings. The summed E-state index contributed by atoms with van der Waals surface area (Å²) in [5.74, 6) is -2.16. The second-order valence-electron chi connectivity index (χ2n) is 4.45. The van der Waals surface area contributed by atoms with Crippen molar-refractivity contribution in [3.05, 3.63) is 23.8 Å². The number of phenolic OH excluding ortho intramolecular Hbond substituents is 1. The number of carbonyl (C=O) groups excluding carboxylic acids is 1. The normalized spacial score (nSPS) is 21.4. The highest BCUT2D eigenvalue weighted by Gasteiger charge is 2.35. The topological polar surface area (TPSA) is 105 Å². The Kier molecular flexibility index (Phi) is 4.09. The molecular formula is C13H15NO6. The first-order valence-electron chi connectivity index (χ1n) is 6.01. The van der Waals surface area contributed by atoms with Gasteiger partial charge in [0.05, 0.1) is 31.9 Å². The number of hydrogen-bond donors (Lipinski definition) is 3. The number of ether oxygens (including phenoxy) is 2. The Morgan fingerprint density at radius 2 is 2.15 bits per heavy atom. The fourth-order valence-electron chi connectivity index (χ4n) is 2.02. The molecular weight excluding hydrogens is 266 g/mol. The van der Waals surface area contributed by atoms with Crippen molar-refractivity contribution in [1.29, 1.82) is 0 Å². The van der Waals surface area contributed by atoms with Crippen molar-refractivity contribution in [3.8, 4) is 11.5 Å². The largest absolute Gasteiger partial charge is 0.507 e. The van der Waals surface area contributed by atoms with E-state index in [9.17, 15) is 14.7 Å². The predicted octanol–water partition coefficient (Wildman–Crippen LogP) is 0.230. The average molecular weight is 281 g/mol. The van der Waals surface area contributed by atoms with Gasteiger partial charge in [0.1, 0.15) is 17.4 Å². The molecule has 2 unspecified atom stereocenters. The molecule has 0 bridgehead atoms. The van der Waals surface area contributed by atoms with Crippen LogP contribution >= 0.6 is 0 Å². The number of amides is 1. The molecule has 1 aromatic rings. The molecule has 108 valence electrons. The number of phenols is 1. The molecule has 20 heavy (non-hydrogen) atoms. The number of methoxy groups -OCH3 is 1. The highest BCUT2D eigenvalue weighted by Crippen LogP contribution is 2.24. The van der Waals surface area contributed by atoms with Gasteiger partial charge in [0, 0.05) is 6.07 Å². The van der Waals surface area contributed by atoms with Crippen molar-refractivity contribution in [3.63, 3.8) is 0 Å². The van der Waals surface area contributed by atoms with Crippen LogP contribution in [0.4, 0.5) is 0 Å². The van der Waals surface area contributed by atoms with Crippen molar-refractivity contribution in [2.45, 2.75) is 6.04 Å². The molecule has 7 nitrogen and oxygen atoms in total. The van der Waals surface area contributed by atoms with Gasteiger partial charge in [0.15, 0.2) is 0 Å². The number of carbonyl (C=O) groups is 2. The van der Waals surface area contributed by atoms with Gasteiger partial charge in [-0.25, -0.2) is 0 Å². The Morgan fingerprint density at radius 3 is 2.75 bits per heavy atom. The van der Waals surface area contributed by atoms with Crippen LogP contribution in [0.2, 0.25) is 0 Å². The minimum atomic E-state index is -1.02.